The number of nitrogens with zero attached hydrogens (tertiary/aromatic N) is 2. The predicted octanol–water partition coefficient (Wildman–Crippen LogP) is 3.88. The molecular formula is C12H19ClN2O. The van der Waals surface area contributed by atoms with Crippen molar-refractivity contribution in [3.63, 3.8) is 0 Å². The number of rotatable bonds is 5. The summed E-state index contributed by atoms with van der Waals surface area (Å²) in [6.45, 7) is 2.11. The highest BCUT2D eigenvalue weighted by atomic mass is 35.5. The summed E-state index contributed by atoms with van der Waals surface area (Å²) in [6, 6.07) is 0. The van der Waals surface area contributed by atoms with Crippen LogP contribution in [0.3, 0.4) is 0 Å². The highest BCUT2D eigenvalue weighted by Crippen LogP contribution is 2.28. The quantitative estimate of drug-likeness (QED) is 0.736. The topological polar surface area (TPSA) is 38.9 Å². The van der Waals surface area contributed by atoms with Crippen LogP contribution in [0.5, 0.6) is 0 Å². The molecule has 1 aromatic heterocycles. The Kier molecular flexibility index (Phi) is 4.22. The first-order valence-corrected chi connectivity index (χ1v) is 6.69. The average molecular weight is 243 g/mol. The highest BCUT2D eigenvalue weighted by molar-refractivity contribution is 6.20. The summed E-state index contributed by atoms with van der Waals surface area (Å²) >= 11 is 6.15. The molecule has 3 nitrogen and oxygen atoms in total. The molecule has 1 fully saturated rings. The maximum Gasteiger partial charge on any atom is 0.226 e. The fourth-order valence-corrected chi connectivity index (χ4v) is 2.63. The lowest BCUT2D eigenvalue weighted by molar-refractivity contribution is 0.349. The van der Waals surface area contributed by atoms with Gasteiger partial charge in [0.1, 0.15) is 0 Å². The molecule has 1 atom stereocenters. The third-order valence-electron chi connectivity index (χ3n) is 3.24. The summed E-state index contributed by atoms with van der Waals surface area (Å²) in [5.74, 6) is 2.17. The molecule has 0 aromatic carbocycles. The molecule has 0 saturated heterocycles. The SMILES string of the molecule is CCCC(Cl)c1noc(CC2CCCC2)n1. The second kappa shape index (κ2) is 5.67. The van der Waals surface area contributed by atoms with Crippen LogP contribution in [-0.2, 0) is 6.42 Å². The van der Waals surface area contributed by atoms with Crippen molar-refractivity contribution < 1.29 is 4.52 Å². The Hall–Kier alpha value is -0.570. The molecule has 90 valence electrons. The highest BCUT2D eigenvalue weighted by Gasteiger charge is 2.20. The largest absolute Gasteiger partial charge is 0.339 e. The Morgan fingerprint density at radius 1 is 1.44 bits per heavy atom. The van der Waals surface area contributed by atoms with Gasteiger partial charge in [0.15, 0.2) is 5.82 Å². The van der Waals surface area contributed by atoms with Gasteiger partial charge in [0, 0.05) is 6.42 Å². The molecule has 4 heteroatoms. The van der Waals surface area contributed by atoms with Gasteiger partial charge in [0.05, 0.1) is 5.38 Å². The Balaban J connectivity index is 1.90. The monoisotopic (exact) mass is 242 g/mol. The van der Waals surface area contributed by atoms with E-state index in [1.807, 2.05) is 0 Å². The smallest absolute Gasteiger partial charge is 0.226 e. The van der Waals surface area contributed by atoms with Crippen molar-refractivity contribution in [3.8, 4) is 0 Å². The van der Waals surface area contributed by atoms with Gasteiger partial charge in [-0.25, -0.2) is 0 Å². The molecule has 0 radical (unpaired) electrons. The van der Waals surface area contributed by atoms with Crippen LogP contribution in [0.25, 0.3) is 0 Å². The van der Waals surface area contributed by atoms with Crippen molar-refractivity contribution >= 4 is 11.6 Å². The summed E-state index contributed by atoms with van der Waals surface area (Å²) in [4.78, 5) is 4.38. The zero-order valence-electron chi connectivity index (χ0n) is 9.79. The third kappa shape index (κ3) is 2.97. The normalized spacial score (nSPS) is 19.1. The van der Waals surface area contributed by atoms with E-state index in [-0.39, 0.29) is 5.38 Å². The molecule has 0 spiro atoms. The van der Waals surface area contributed by atoms with Crippen LogP contribution in [0, 0.1) is 5.92 Å². The average Bonchev–Trinajstić information content (AvgIpc) is 2.90. The summed E-state index contributed by atoms with van der Waals surface area (Å²) in [5, 5.41) is 3.87. The summed E-state index contributed by atoms with van der Waals surface area (Å²) in [6.07, 6.45) is 8.18. The van der Waals surface area contributed by atoms with Gasteiger partial charge in [-0.3, -0.25) is 0 Å². The first kappa shape index (κ1) is 11.9. The molecule has 1 saturated carbocycles. The van der Waals surface area contributed by atoms with E-state index in [2.05, 4.69) is 17.1 Å². The van der Waals surface area contributed by atoms with Crippen molar-refractivity contribution in [3.05, 3.63) is 11.7 Å². The molecule has 2 rings (SSSR count). The lowest BCUT2D eigenvalue weighted by atomic mass is 10.0. The predicted molar refractivity (Wildman–Crippen MR) is 63.5 cm³/mol. The number of alkyl halides is 1. The molecule has 0 bridgehead atoms. The van der Waals surface area contributed by atoms with Crippen molar-refractivity contribution in [2.45, 2.75) is 57.2 Å². The van der Waals surface area contributed by atoms with Crippen LogP contribution >= 0.6 is 11.6 Å². The zero-order chi connectivity index (χ0) is 11.4. The van der Waals surface area contributed by atoms with Gasteiger partial charge in [-0.15, -0.1) is 11.6 Å². The van der Waals surface area contributed by atoms with Crippen molar-refractivity contribution in [1.82, 2.24) is 10.1 Å². The van der Waals surface area contributed by atoms with Gasteiger partial charge in [0.2, 0.25) is 5.89 Å². The van der Waals surface area contributed by atoms with Crippen LogP contribution in [-0.4, -0.2) is 10.1 Å². The lowest BCUT2D eigenvalue weighted by Gasteiger charge is -2.03. The maximum absolute atomic E-state index is 6.15. The first-order valence-electron chi connectivity index (χ1n) is 6.26. The van der Waals surface area contributed by atoms with Crippen LogP contribution in [0.4, 0.5) is 0 Å². The van der Waals surface area contributed by atoms with E-state index < -0.39 is 0 Å². The maximum atomic E-state index is 6.15. The second-order valence-corrected chi connectivity index (χ2v) is 5.18. The molecule has 16 heavy (non-hydrogen) atoms. The minimum Gasteiger partial charge on any atom is -0.339 e. The Labute approximate surface area is 102 Å². The van der Waals surface area contributed by atoms with Gasteiger partial charge < -0.3 is 4.52 Å². The molecule has 1 unspecified atom stereocenters. The molecule has 0 N–H and O–H groups in total. The van der Waals surface area contributed by atoms with Gasteiger partial charge in [-0.1, -0.05) is 31.3 Å². The van der Waals surface area contributed by atoms with Crippen LogP contribution in [0.15, 0.2) is 4.52 Å². The fourth-order valence-electron chi connectivity index (χ4n) is 2.32. The van der Waals surface area contributed by atoms with E-state index in [9.17, 15) is 0 Å². The van der Waals surface area contributed by atoms with E-state index in [0.29, 0.717) is 5.82 Å². The number of aromatic nitrogens is 2. The minimum absolute atomic E-state index is 0.0916. The molecular weight excluding hydrogens is 224 g/mol. The number of hydrogen-bond donors (Lipinski definition) is 0. The molecule has 0 aliphatic heterocycles. The third-order valence-corrected chi connectivity index (χ3v) is 3.66. The number of hydrogen-bond acceptors (Lipinski definition) is 3. The first-order chi connectivity index (χ1) is 7.79. The zero-order valence-corrected chi connectivity index (χ0v) is 10.5. The van der Waals surface area contributed by atoms with Crippen LogP contribution in [0.1, 0.15) is 62.5 Å². The minimum atomic E-state index is -0.0916. The Morgan fingerprint density at radius 2 is 2.19 bits per heavy atom. The standard InChI is InChI=1S/C12H19ClN2O/c1-2-5-10(13)12-14-11(16-15-12)8-9-6-3-4-7-9/h9-10H,2-8H2,1H3. The second-order valence-electron chi connectivity index (χ2n) is 4.66. The van der Waals surface area contributed by atoms with Crippen LogP contribution < -0.4 is 0 Å². The lowest BCUT2D eigenvalue weighted by Crippen LogP contribution is -1.99. The molecule has 0 amide bonds. The Morgan fingerprint density at radius 3 is 2.88 bits per heavy atom. The summed E-state index contributed by atoms with van der Waals surface area (Å²) in [7, 11) is 0. The van der Waals surface area contributed by atoms with E-state index in [0.717, 1.165) is 31.1 Å². The van der Waals surface area contributed by atoms with Crippen molar-refractivity contribution in [1.29, 1.82) is 0 Å². The Bertz CT molecular complexity index is 321. The van der Waals surface area contributed by atoms with Gasteiger partial charge in [0.25, 0.3) is 0 Å². The van der Waals surface area contributed by atoms with Crippen LogP contribution in [0.2, 0.25) is 0 Å². The van der Waals surface area contributed by atoms with Crippen molar-refractivity contribution in [2.24, 2.45) is 5.92 Å². The summed E-state index contributed by atoms with van der Waals surface area (Å²) in [5.41, 5.74) is 0. The van der Waals surface area contributed by atoms with Crippen molar-refractivity contribution in [2.75, 3.05) is 0 Å². The van der Waals surface area contributed by atoms with Gasteiger partial charge >= 0.3 is 0 Å². The van der Waals surface area contributed by atoms with E-state index >= 15 is 0 Å². The molecule has 1 aromatic rings. The fraction of sp³-hybridized carbons (Fsp3) is 0.833. The van der Waals surface area contributed by atoms with E-state index in [4.69, 9.17) is 16.1 Å². The molecule has 1 heterocycles. The molecule has 1 aliphatic carbocycles. The van der Waals surface area contributed by atoms with E-state index in [1.165, 1.54) is 25.7 Å². The summed E-state index contributed by atoms with van der Waals surface area (Å²) < 4.78 is 5.25. The van der Waals surface area contributed by atoms with Gasteiger partial charge in [-0.2, -0.15) is 4.98 Å². The van der Waals surface area contributed by atoms with Gasteiger partial charge in [-0.05, 0) is 25.2 Å². The van der Waals surface area contributed by atoms with E-state index in [1.54, 1.807) is 0 Å². The molecule has 1 aliphatic rings. The number of halogens is 1.